The Morgan fingerprint density at radius 3 is 2.52 bits per heavy atom. The van der Waals surface area contributed by atoms with Gasteiger partial charge >= 0.3 is 0 Å². The maximum atomic E-state index is 12.4. The van der Waals surface area contributed by atoms with Crippen molar-refractivity contribution in [2.45, 2.75) is 12.8 Å². The highest BCUT2D eigenvalue weighted by Gasteiger charge is 2.17. The number of carbonyl (C=O) groups is 1. The van der Waals surface area contributed by atoms with Crippen LogP contribution in [-0.2, 0) is 12.8 Å². The summed E-state index contributed by atoms with van der Waals surface area (Å²) in [5.74, 6) is -0.240. The normalized spacial score (nSPS) is 12.2. The summed E-state index contributed by atoms with van der Waals surface area (Å²) < 4.78 is 0.737. The van der Waals surface area contributed by atoms with Crippen LogP contribution in [0.25, 0.3) is 10.8 Å². The molecule has 0 bridgehead atoms. The van der Waals surface area contributed by atoms with E-state index < -0.39 is 0 Å². The molecule has 0 aliphatic heterocycles. The molecule has 0 saturated heterocycles. The third-order valence-electron chi connectivity index (χ3n) is 4.47. The molecule has 1 amide bonds. The number of carbonyl (C=O) groups excluding carboxylic acids is 1. The number of anilines is 1. The van der Waals surface area contributed by atoms with E-state index in [0.29, 0.717) is 10.7 Å². The molecule has 0 unspecified atom stereocenters. The van der Waals surface area contributed by atoms with Gasteiger partial charge in [-0.05, 0) is 75.7 Å². The lowest BCUT2D eigenvalue weighted by Gasteiger charge is -2.13. The van der Waals surface area contributed by atoms with Crippen LogP contribution in [-0.4, -0.2) is 11.0 Å². The van der Waals surface area contributed by atoms with Gasteiger partial charge in [0.05, 0.1) is 5.56 Å². The molecule has 4 rings (SSSR count). The summed E-state index contributed by atoms with van der Waals surface area (Å²) in [6.07, 6.45) is 2.17. The number of aryl methyl sites for hydroxylation is 2. The molecular formula is C20H15BrN2OS. The summed E-state index contributed by atoms with van der Waals surface area (Å²) in [5, 5.41) is 8.67. The number of hydrogen-bond acceptors (Lipinski definition) is 2. The number of hydrogen-bond donors (Lipinski definition) is 2. The maximum Gasteiger partial charge on any atom is 0.258 e. The number of rotatable bonds is 2. The molecule has 1 aliphatic carbocycles. The molecule has 124 valence electrons. The second kappa shape index (κ2) is 6.58. The Kier molecular flexibility index (Phi) is 4.27. The van der Waals surface area contributed by atoms with Crippen molar-refractivity contribution in [3.05, 3.63) is 75.8 Å². The van der Waals surface area contributed by atoms with Crippen LogP contribution in [0.15, 0.2) is 59.1 Å². The van der Waals surface area contributed by atoms with E-state index in [1.165, 1.54) is 16.5 Å². The minimum absolute atomic E-state index is 0.240. The molecule has 0 saturated carbocycles. The van der Waals surface area contributed by atoms with Crippen molar-refractivity contribution in [2.24, 2.45) is 0 Å². The van der Waals surface area contributed by atoms with Gasteiger partial charge in [0.25, 0.3) is 5.91 Å². The zero-order valence-electron chi connectivity index (χ0n) is 13.3. The van der Waals surface area contributed by atoms with Crippen molar-refractivity contribution >= 4 is 55.6 Å². The Hall–Kier alpha value is -2.24. The lowest BCUT2D eigenvalue weighted by molar-refractivity contribution is 0.0977. The Labute approximate surface area is 159 Å². The first-order valence-corrected chi connectivity index (χ1v) is 9.24. The van der Waals surface area contributed by atoms with Gasteiger partial charge in [0.2, 0.25) is 0 Å². The Morgan fingerprint density at radius 2 is 1.72 bits per heavy atom. The van der Waals surface area contributed by atoms with Gasteiger partial charge in [-0.15, -0.1) is 0 Å². The van der Waals surface area contributed by atoms with Crippen LogP contribution in [0.3, 0.4) is 0 Å². The smallest absolute Gasteiger partial charge is 0.258 e. The van der Waals surface area contributed by atoms with Crippen LogP contribution < -0.4 is 10.6 Å². The number of nitrogens with one attached hydrogen (secondary N) is 2. The minimum atomic E-state index is -0.240. The van der Waals surface area contributed by atoms with E-state index in [1.54, 1.807) is 6.07 Å². The Balaban J connectivity index is 1.57. The van der Waals surface area contributed by atoms with Gasteiger partial charge in [0, 0.05) is 15.5 Å². The summed E-state index contributed by atoms with van der Waals surface area (Å²) in [7, 11) is 0. The number of thiocarbonyl (C=S) groups is 1. The van der Waals surface area contributed by atoms with E-state index in [2.05, 4.69) is 50.8 Å². The van der Waals surface area contributed by atoms with Gasteiger partial charge in [-0.2, -0.15) is 0 Å². The Bertz CT molecular complexity index is 1010. The number of benzene rings is 3. The molecule has 0 fully saturated rings. The fourth-order valence-electron chi connectivity index (χ4n) is 3.33. The highest BCUT2D eigenvalue weighted by Crippen LogP contribution is 2.34. The highest BCUT2D eigenvalue weighted by atomic mass is 79.9. The predicted molar refractivity (Wildman–Crippen MR) is 109 cm³/mol. The van der Waals surface area contributed by atoms with Crippen LogP contribution in [0.4, 0.5) is 5.69 Å². The predicted octanol–water partition coefficient (Wildman–Crippen LogP) is 4.83. The molecule has 3 aromatic carbocycles. The maximum absolute atomic E-state index is 12.4. The molecule has 0 aromatic heterocycles. The molecule has 0 radical (unpaired) electrons. The van der Waals surface area contributed by atoms with Gasteiger partial charge in [0.15, 0.2) is 5.11 Å². The molecule has 25 heavy (non-hydrogen) atoms. The summed E-state index contributed by atoms with van der Waals surface area (Å²) in [6, 6.07) is 17.8. The SMILES string of the molecule is O=C(NC(=S)Nc1ccc2c3c(cccc13)CC2)c1ccccc1Br. The Morgan fingerprint density at radius 1 is 0.960 bits per heavy atom. The largest absolute Gasteiger partial charge is 0.332 e. The molecule has 2 N–H and O–H groups in total. The summed E-state index contributed by atoms with van der Waals surface area (Å²) in [6.45, 7) is 0. The monoisotopic (exact) mass is 410 g/mol. The molecule has 0 atom stereocenters. The fourth-order valence-corrected chi connectivity index (χ4v) is 3.99. The van der Waals surface area contributed by atoms with Gasteiger partial charge in [-0.25, -0.2) is 0 Å². The summed E-state index contributed by atoms with van der Waals surface area (Å²) in [4.78, 5) is 12.4. The molecule has 1 aliphatic rings. The summed E-state index contributed by atoms with van der Waals surface area (Å²) in [5.41, 5.74) is 4.21. The second-order valence-corrected chi connectivity index (χ2v) is 7.26. The van der Waals surface area contributed by atoms with Crippen LogP contribution in [0.1, 0.15) is 21.5 Å². The minimum Gasteiger partial charge on any atom is -0.332 e. The number of halogens is 1. The van der Waals surface area contributed by atoms with Gasteiger partial charge in [0.1, 0.15) is 0 Å². The third kappa shape index (κ3) is 3.05. The van der Waals surface area contributed by atoms with E-state index in [9.17, 15) is 4.79 Å². The lowest BCUT2D eigenvalue weighted by atomic mass is 10.0. The van der Waals surface area contributed by atoms with Crippen LogP contribution in [0.2, 0.25) is 0 Å². The first kappa shape index (κ1) is 16.2. The quantitative estimate of drug-likeness (QED) is 0.594. The van der Waals surface area contributed by atoms with E-state index in [1.807, 2.05) is 24.3 Å². The fraction of sp³-hybridized carbons (Fsp3) is 0.100. The van der Waals surface area contributed by atoms with E-state index in [4.69, 9.17) is 12.2 Å². The molecule has 3 nitrogen and oxygen atoms in total. The molecule has 0 spiro atoms. The van der Waals surface area contributed by atoms with Crippen molar-refractivity contribution in [2.75, 3.05) is 5.32 Å². The van der Waals surface area contributed by atoms with Gasteiger partial charge in [-0.3, -0.25) is 10.1 Å². The summed E-state index contributed by atoms with van der Waals surface area (Å²) >= 11 is 8.73. The van der Waals surface area contributed by atoms with Crippen molar-refractivity contribution in [3.8, 4) is 0 Å². The van der Waals surface area contributed by atoms with Crippen molar-refractivity contribution in [1.82, 2.24) is 5.32 Å². The van der Waals surface area contributed by atoms with E-state index >= 15 is 0 Å². The third-order valence-corrected chi connectivity index (χ3v) is 5.37. The van der Waals surface area contributed by atoms with Crippen molar-refractivity contribution in [1.29, 1.82) is 0 Å². The molecule has 0 heterocycles. The van der Waals surface area contributed by atoms with Crippen LogP contribution in [0, 0.1) is 0 Å². The average molecular weight is 411 g/mol. The highest BCUT2D eigenvalue weighted by molar-refractivity contribution is 9.10. The van der Waals surface area contributed by atoms with Crippen LogP contribution >= 0.6 is 28.1 Å². The van der Waals surface area contributed by atoms with Crippen LogP contribution in [0.5, 0.6) is 0 Å². The topological polar surface area (TPSA) is 41.1 Å². The van der Waals surface area contributed by atoms with Gasteiger partial charge < -0.3 is 5.32 Å². The molecule has 5 heteroatoms. The van der Waals surface area contributed by atoms with E-state index in [0.717, 1.165) is 28.4 Å². The lowest BCUT2D eigenvalue weighted by Crippen LogP contribution is -2.34. The first-order chi connectivity index (χ1) is 12.1. The standard InChI is InChI=1S/C20H15BrN2OS/c21-16-7-2-1-5-14(16)19(24)23-20(25)22-17-11-10-13-9-8-12-4-3-6-15(17)18(12)13/h1-7,10-11H,8-9H2,(H2,22,23,24,25). The van der Waals surface area contributed by atoms with Crippen molar-refractivity contribution < 1.29 is 4.79 Å². The zero-order valence-corrected chi connectivity index (χ0v) is 15.7. The zero-order chi connectivity index (χ0) is 17.4. The number of amides is 1. The van der Waals surface area contributed by atoms with Gasteiger partial charge in [-0.1, -0.05) is 36.4 Å². The van der Waals surface area contributed by atoms with Crippen molar-refractivity contribution in [3.63, 3.8) is 0 Å². The molecular weight excluding hydrogens is 396 g/mol. The second-order valence-electron chi connectivity index (χ2n) is 6.00. The molecule has 3 aromatic rings. The average Bonchev–Trinajstić information content (AvgIpc) is 3.02. The van der Waals surface area contributed by atoms with E-state index in [-0.39, 0.29) is 5.91 Å². The first-order valence-electron chi connectivity index (χ1n) is 8.04.